The van der Waals surface area contributed by atoms with E-state index in [4.69, 9.17) is 4.74 Å². The predicted molar refractivity (Wildman–Crippen MR) is 75.4 cm³/mol. The number of rotatable bonds is 6. The molecule has 0 saturated carbocycles. The third-order valence-corrected chi connectivity index (χ3v) is 3.99. The summed E-state index contributed by atoms with van der Waals surface area (Å²) in [5, 5.41) is 19.5. The van der Waals surface area contributed by atoms with Crippen LogP contribution < -0.4 is 4.74 Å². The zero-order valence-electron chi connectivity index (χ0n) is 11.8. The molecule has 3 nitrogen and oxygen atoms in total. The summed E-state index contributed by atoms with van der Waals surface area (Å²) in [6.45, 7) is 4.96. The number of fused-ring (bicyclic) bond motifs is 1. The number of aliphatic hydroxyl groups is 2. The molecule has 1 unspecified atom stereocenters. The lowest BCUT2D eigenvalue weighted by molar-refractivity contribution is 0.0222. The van der Waals surface area contributed by atoms with Crippen molar-refractivity contribution in [1.82, 2.24) is 0 Å². The molecule has 106 valence electrons. The summed E-state index contributed by atoms with van der Waals surface area (Å²) >= 11 is 0. The highest BCUT2D eigenvalue weighted by atomic mass is 16.5. The first kappa shape index (κ1) is 14.4. The van der Waals surface area contributed by atoms with E-state index in [9.17, 15) is 10.2 Å². The van der Waals surface area contributed by atoms with Crippen molar-refractivity contribution in [3.05, 3.63) is 29.8 Å². The second kappa shape index (κ2) is 5.93. The second-order valence-corrected chi connectivity index (χ2v) is 6.16. The largest absolute Gasteiger partial charge is 0.493 e. The molecule has 0 fully saturated rings. The maximum Gasteiger partial charge on any atom is 0.122 e. The Bertz CT molecular complexity index is 410. The number of hydrogen-bond acceptors (Lipinski definition) is 3. The summed E-state index contributed by atoms with van der Waals surface area (Å²) in [5.41, 5.74) is 0.803. The number of hydrogen-bond donors (Lipinski definition) is 2. The van der Waals surface area contributed by atoms with Crippen LogP contribution in [0.25, 0.3) is 0 Å². The Balaban J connectivity index is 2.15. The molecule has 1 heterocycles. The van der Waals surface area contributed by atoms with Crippen LogP contribution in [-0.2, 0) is 0 Å². The van der Waals surface area contributed by atoms with E-state index in [1.807, 2.05) is 18.2 Å². The summed E-state index contributed by atoms with van der Waals surface area (Å²) in [7, 11) is 0. The number of ether oxygens (including phenoxy) is 1. The first-order chi connectivity index (χ1) is 9.10. The Morgan fingerprint density at radius 2 is 1.95 bits per heavy atom. The summed E-state index contributed by atoms with van der Waals surface area (Å²) in [5.74, 6) is 1.67. The van der Waals surface area contributed by atoms with Crippen LogP contribution in [-0.4, -0.2) is 30.0 Å². The molecule has 2 rings (SSSR count). The van der Waals surface area contributed by atoms with Gasteiger partial charge in [0.05, 0.1) is 19.8 Å². The van der Waals surface area contributed by atoms with Gasteiger partial charge in [-0.05, 0) is 24.8 Å². The van der Waals surface area contributed by atoms with Crippen molar-refractivity contribution in [2.24, 2.45) is 11.3 Å². The maximum atomic E-state index is 9.73. The molecular formula is C16H24O3. The van der Waals surface area contributed by atoms with Crippen molar-refractivity contribution >= 4 is 0 Å². The zero-order valence-corrected chi connectivity index (χ0v) is 11.8. The van der Waals surface area contributed by atoms with Crippen LogP contribution >= 0.6 is 0 Å². The molecule has 0 saturated heterocycles. The summed E-state index contributed by atoms with van der Waals surface area (Å²) < 4.78 is 5.69. The Morgan fingerprint density at radius 1 is 1.26 bits per heavy atom. The molecule has 1 atom stereocenters. The average Bonchev–Trinajstić information content (AvgIpc) is 2.81. The monoisotopic (exact) mass is 264 g/mol. The van der Waals surface area contributed by atoms with Crippen LogP contribution in [0.4, 0.5) is 0 Å². The first-order valence-electron chi connectivity index (χ1n) is 7.03. The van der Waals surface area contributed by atoms with Gasteiger partial charge >= 0.3 is 0 Å². The minimum atomic E-state index is -0.403. The predicted octanol–water partition coefficient (Wildman–Crippen LogP) is 2.57. The fraction of sp³-hybridized carbons (Fsp3) is 0.625. The van der Waals surface area contributed by atoms with Crippen molar-refractivity contribution < 1.29 is 14.9 Å². The van der Waals surface area contributed by atoms with Crippen molar-refractivity contribution in [3.8, 4) is 5.75 Å². The van der Waals surface area contributed by atoms with Gasteiger partial charge in [0.2, 0.25) is 0 Å². The van der Waals surface area contributed by atoms with E-state index in [2.05, 4.69) is 19.9 Å². The molecular weight excluding hydrogens is 240 g/mol. The number of aliphatic hydroxyl groups excluding tert-OH is 2. The third-order valence-electron chi connectivity index (χ3n) is 3.99. The quantitative estimate of drug-likeness (QED) is 0.830. The topological polar surface area (TPSA) is 49.7 Å². The van der Waals surface area contributed by atoms with E-state index in [1.165, 1.54) is 5.56 Å². The molecule has 1 aliphatic heterocycles. The van der Waals surface area contributed by atoms with Gasteiger partial charge in [-0.25, -0.2) is 0 Å². The lowest BCUT2D eigenvalue weighted by atomic mass is 9.73. The first-order valence-corrected chi connectivity index (χ1v) is 7.03. The smallest absolute Gasteiger partial charge is 0.122 e. The Morgan fingerprint density at radius 3 is 2.58 bits per heavy atom. The van der Waals surface area contributed by atoms with Gasteiger partial charge in [-0.1, -0.05) is 32.0 Å². The van der Waals surface area contributed by atoms with Gasteiger partial charge in [0.1, 0.15) is 5.75 Å². The van der Waals surface area contributed by atoms with Gasteiger partial charge in [-0.15, -0.1) is 0 Å². The van der Waals surface area contributed by atoms with E-state index in [1.54, 1.807) is 0 Å². The Kier molecular flexibility index (Phi) is 4.48. The molecule has 0 amide bonds. The van der Waals surface area contributed by atoms with Gasteiger partial charge in [-0.3, -0.25) is 0 Å². The lowest BCUT2D eigenvalue weighted by Gasteiger charge is -2.33. The molecule has 0 spiro atoms. The third kappa shape index (κ3) is 3.10. The van der Waals surface area contributed by atoms with Crippen LogP contribution in [0.5, 0.6) is 5.75 Å². The minimum Gasteiger partial charge on any atom is -0.493 e. The highest BCUT2D eigenvalue weighted by Crippen LogP contribution is 2.42. The van der Waals surface area contributed by atoms with Crippen LogP contribution in [0.3, 0.4) is 0 Å². The maximum absolute atomic E-state index is 9.73. The van der Waals surface area contributed by atoms with Crippen LogP contribution in [0.2, 0.25) is 0 Å². The fourth-order valence-corrected chi connectivity index (χ4v) is 3.18. The molecule has 3 heteroatoms. The highest BCUT2D eigenvalue weighted by Gasteiger charge is 2.36. The molecule has 0 aliphatic carbocycles. The van der Waals surface area contributed by atoms with Crippen molar-refractivity contribution in [1.29, 1.82) is 0 Å². The van der Waals surface area contributed by atoms with Gasteiger partial charge in [-0.2, -0.15) is 0 Å². The van der Waals surface area contributed by atoms with Crippen molar-refractivity contribution in [2.45, 2.75) is 32.6 Å². The van der Waals surface area contributed by atoms with Crippen LogP contribution in [0, 0.1) is 11.3 Å². The second-order valence-electron chi connectivity index (χ2n) is 6.16. The molecule has 19 heavy (non-hydrogen) atoms. The van der Waals surface area contributed by atoms with E-state index >= 15 is 0 Å². The number of benzene rings is 1. The SMILES string of the molecule is CC(C)CC(CO)(CO)CC1COc2ccccc21. The molecule has 0 bridgehead atoms. The Hall–Kier alpha value is -1.06. The Labute approximate surface area is 115 Å². The lowest BCUT2D eigenvalue weighted by Crippen LogP contribution is -2.33. The normalized spacial score (nSPS) is 18.5. The minimum absolute atomic E-state index is 0.0281. The zero-order chi connectivity index (χ0) is 13.9. The fourth-order valence-electron chi connectivity index (χ4n) is 3.18. The van der Waals surface area contributed by atoms with Gasteiger partial charge < -0.3 is 14.9 Å². The summed E-state index contributed by atoms with van der Waals surface area (Å²) in [4.78, 5) is 0. The molecule has 0 aromatic heterocycles. The van der Waals surface area contributed by atoms with Gasteiger partial charge in [0.25, 0.3) is 0 Å². The van der Waals surface area contributed by atoms with Crippen molar-refractivity contribution in [2.75, 3.05) is 19.8 Å². The molecule has 1 aliphatic rings. The van der Waals surface area contributed by atoms with Crippen LogP contribution in [0.15, 0.2) is 24.3 Å². The van der Waals surface area contributed by atoms with Crippen molar-refractivity contribution in [3.63, 3.8) is 0 Å². The van der Waals surface area contributed by atoms with Gasteiger partial charge in [0, 0.05) is 16.9 Å². The van der Waals surface area contributed by atoms with E-state index < -0.39 is 5.41 Å². The molecule has 0 radical (unpaired) electrons. The van der Waals surface area contributed by atoms with E-state index in [-0.39, 0.29) is 19.1 Å². The highest BCUT2D eigenvalue weighted by molar-refractivity contribution is 5.39. The molecule has 2 N–H and O–H groups in total. The summed E-state index contributed by atoms with van der Waals surface area (Å²) in [6, 6.07) is 8.06. The number of para-hydroxylation sites is 1. The summed E-state index contributed by atoms with van der Waals surface area (Å²) in [6.07, 6.45) is 1.61. The molecule has 1 aromatic rings. The van der Waals surface area contributed by atoms with Gasteiger partial charge in [0.15, 0.2) is 0 Å². The van der Waals surface area contributed by atoms with E-state index in [0.717, 1.165) is 18.6 Å². The van der Waals surface area contributed by atoms with E-state index in [0.29, 0.717) is 12.5 Å². The standard InChI is InChI=1S/C16H24O3/c1-12(2)7-16(10-17,11-18)8-13-9-19-15-6-4-3-5-14(13)15/h3-6,12-13,17-18H,7-11H2,1-2H3. The molecule has 1 aromatic carbocycles. The van der Waals surface area contributed by atoms with Crippen LogP contribution in [0.1, 0.15) is 38.2 Å². The average molecular weight is 264 g/mol.